The molecule has 0 spiro atoms. The maximum Gasteiger partial charge on any atom is 0.323 e. The van der Waals surface area contributed by atoms with Gasteiger partial charge in [0.15, 0.2) is 23.3 Å². The number of aryl methyl sites for hydroxylation is 4. The Hall–Kier alpha value is -11.3. The van der Waals surface area contributed by atoms with Crippen molar-refractivity contribution in [2.45, 2.75) is 77.0 Å². The smallest absolute Gasteiger partial charge is 0.323 e. The lowest BCUT2D eigenvalue weighted by molar-refractivity contribution is 0.182. The summed E-state index contributed by atoms with van der Waals surface area (Å²) in [6.07, 6.45) is 9.94. The van der Waals surface area contributed by atoms with Gasteiger partial charge in [-0.3, -0.25) is 40.4 Å². The first-order valence-electron chi connectivity index (χ1n) is 34.7. The van der Waals surface area contributed by atoms with Crippen molar-refractivity contribution in [3.63, 3.8) is 0 Å². The monoisotopic (exact) mass is 1520 g/mol. The number of rotatable bonds is 12. The highest BCUT2D eigenvalue weighted by Crippen LogP contribution is 2.30. The average molecular weight is 1520 g/mol. The van der Waals surface area contributed by atoms with Crippen LogP contribution in [0.5, 0.6) is 0 Å². The molecular formula is C75H80Cl3F2N19O8. The number of aromatic nitrogens is 8. The third-order valence-electron chi connectivity index (χ3n) is 18.8. The maximum absolute atomic E-state index is 13.4. The number of nitrogens with one attached hydrogen (secondary N) is 4. The van der Waals surface area contributed by atoms with Crippen molar-refractivity contribution in [2.75, 3.05) is 73.6 Å². The molecule has 8 aromatic rings. The predicted octanol–water partition coefficient (Wildman–Crippen LogP) is 10.9. The van der Waals surface area contributed by atoms with E-state index in [4.69, 9.17) is 50.6 Å². The van der Waals surface area contributed by atoms with Crippen LogP contribution in [0.15, 0.2) is 141 Å². The molecule has 4 aliphatic rings. The lowest BCUT2D eigenvalue weighted by Gasteiger charge is -2.32. The molecule has 0 bridgehead atoms. The molecule has 8 heterocycles. The van der Waals surface area contributed by atoms with Crippen LogP contribution in [-0.4, -0.2) is 135 Å². The molecule has 4 fully saturated rings. The molecular weight excluding hydrogens is 1440 g/mol. The molecule has 0 unspecified atom stereocenters. The first-order valence-corrected chi connectivity index (χ1v) is 35.8. The van der Waals surface area contributed by atoms with Gasteiger partial charge in [0.05, 0.1) is 27.8 Å². The highest BCUT2D eigenvalue weighted by Gasteiger charge is 2.29. The van der Waals surface area contributed by atoms with Gasteiger partial charge in [0.25, 0.3) is 22.2 Å². The highest BCUT2D eigenvalue weighted by molar-refractivity contribution is 6.32. The minimum Gasteiger partial charge on any atom is -0.324 e. The zero-order chi connectivity index (χ0) is 76.8. The topological polar surface area (TPSA) is 340 Å². The number of benzene rings is 4. The van der Waals surface area contributed by atoms with Crippen LogP contribution in [0.4, 0.5) is 51.2 Å². The average Bonchev–Trinajstić information content (AvgIpc) is 0.851. The van der Waals surface area contributed by atoms with Crippen LogP contribution < -0.4 is 43.5 Å². The molecule has 4 N–H and O–H groups in total. The van der Waals surface area contributed by atoms with Gasteiger partial charge in [0.1, 0.15) is 23.8 Å². The van der Waals surface area contributed by atoms with Crippen molar-refractivity contribution < 1.29 is 28.0 Å². The Labute approximate surface area is 630 Å². The van der Waals surface area contributed by atoms with E-state index < -0.39 is 5.82 Å². The Morgan fingerprint density at radius 2 is 0.757 bits per heavy atom. The summed E-state index contributed by atoms with van der Waals surface area (Å²) in [5.74, 6) is 2.17. The number of amides is 8. The van der Waals surface area contributed by atoms with E-state index >= 15 is 0 Å². The van der Waals surface area contributed by atoms with Crippen LogP contribution in [0.25, 0.3) is 0 Å². The Bertz CT molecular complexity index is 4870. The van der Waals surface area contributed by atoms with Crippen LogP contribution >= 0.6 is 34.8 Å². The fraction of sp³-hybridized carbons (Fsp3) is 0.373. The lowest BCUT2D eigenvalue weighted by Crippen LogP contribution is -2.41. The summed E-state index contributed by atoms with van der Waals surface area (Å²) >= 11 is 18.3. The van der Waals surface area contributed by atoms with Gasteiger partial charge in [-0.15, -0.1) is 0 Å². The van der Waals surface area contributed by atoms with E-state index in [2.05, 4.69) is 53.8 Å². The number of nitrogens with zero attached hydrogens (tertiary/aromatic N) is 15. The van der Waals surface area contributed by atoms with Gasteiger partial charge in [-0.1, -0.05) is 53.0 Å². The van der Waals surface area contributed by atoms with E-state index in [0.29, 0.717) is 125 Å². The van der Waals surface area contributed by atoms with Gasteiger partial charge in [-0.05, 0) is 202 Å². The number of nitriles is 3. The number of hydrogen-bond acceptors (Lipinski definition) is 15. The van der Waals surface area contributed by atoms with Crippen molar-refractivity contribution in [3.05, 3.63) is 228 Å². The second-order valence-electron chi connectivity index (χ2n) is 26.5. The van der Waals surface area contributed by atoms with Gasteiger partial charge >= 0.3 is 24.1 Å². The molecule has 4 aromatic heterocycles. The Morgan fingerprint density at radius 3 is 1.10 bits per heavy atom. The quantitative estimate of drug-likeness (QED) is 0.0883. The van der Waals surface area contributed by atoms with Crippen molar-refractivity contribution >= 4 is 82.2 Å². The van der Waals surface area contributed by atoms with Crippen LogP contribution in [-0.2, 0) is 53.9 Å². The number of carbonyl (C=O) groups excluding carboxylic acids is 4. The first kappa shape index (κ1) is 79.8. The lowest BCUT2D eigenvalue weighted by atomic mass is 9.90. The Morgan fingerprint density at radius 1 is 0.411 bits per heavy atom. The van der Waals surface area contributed by atoms with Gasteiger partial charge in [0.2, 0.25) is 0 Å². The second kappa shape index (κ2) is 38.1. The number of piperidine rings is 4. The summed E-state index contributed by atoms with van der Waals surface area (Å²) in [6.45, 7) is 5.01. The van der Waals surface area contributed by atoms with Crippen molar-refractivity contribution in [3.8, 4) is 18.2 Å². The zero-order valence-electron chi connectivity index (χ0n) is 59.4. The molecule has 4 aromatic carbocycles. The number of carbonyl (C=O) groups is 4. The van der Waals surface area contributed by atoms with Gasteiger partial charge in [0, 0.05) is 115 Å². The number of hydrogen-bond donors (Lipinski definition) is 4. The van der Waals surface area contributed by atoms with E-state index in [-0.39, 0.29) is 57.7 Å². The fourth-order valence-corrected chi connectivity index (χ4v) is 13.6. The summed E-state index contributed by atoms with van der Waals surface area (Å²) in [5, 5.41) is 55.5. The second-order valence-corrected chi connectivity index (χ2v) is 27.8. The van der Waals surface area contributed by atoms with E-state index in [0.717, 1.165) is 99.3 Å². The van der Waals surface area contributed by atoms with E-state index in [1.165, 1.54) is 114 Å². The number of urea groups is 4. The SMILES string of the molecule is Cn1nc(NC(=O)N2CCC(Cc3cc(Cl)cc(C#N)c3)CC2)ccc1=O.Cn1nc(NC(=O)N2CCC(Cc3cc(F)cc(Cl)c3)CC2)ccc1=O.Cn1nc(NC(=O)N2CCC(Cc3ccc(F)c(C#N)c3)CC2)ccc1=O.Cn1nc(NC(=O)N2CCC(Cc3cccc(C#N)c3Cl)CC2)ccc1=O. The van der Waals surface area contributed by atoms with E-state index in [1.807, 2.05) is 30.3 Å². The van der Waals surface area contributed by atoms with Gasteiger partial charge in [-0.2, -0.15) is 36.2 Å². The zero-order valence-corrected chi connectivity index (χ0v) is 61.6. The summed E-state index contributed by atoms with van der Waals surface area (Å²) in [5.41, 5.74) is 4.04. The molecule has 558 valence electrons. The molecule has 4 saturated heterocycles. The van der Waals surface area contributed by atoms with Crippen molar-refractivity contribution in [1.29, 1.82) is 15.8 Å². The summed E-state index contributed by atoms with van der Waals surface area (Å²) < 4.78 is 31.6. The maximum atomic E-state index is 13.4. The Kier molecular flexibility index (Phi) is 28.4. The number of anilines is 4. The molecule has 12 rings (SSSR count). The fourth-order valence-electron chi connectivity index (χ4n) is 12.9. The van der Waals surface area contributed by atoms with Crippen molar-refractivity contribution in [1.82, 2.24) is 58.7 Å². The standard InChI is InChI=1S/2C19H20ClN5O2.C19H20FN5O2.C18H20ClFN4O2/c1-24-18(26)3-2-17(23-24)22-19(27)25-6-4-13(5-7-25)8-14-9-15(12-21)11-16(20)10-14;1-24-17(26)6-5-16(23-24)22-19(27)25-9-7-13(8-10-25)11-14-3-2-4-15(12-21)18(14)20;1-24-18(26)5-4-17(23-24)22-19(27)25-8-6-13(7-9-25)10-14-2-3-16(20)15(11-14)12-21;1-23-17(25)3-2-16(22-23)21-18(26)24-6-4-12(5-7-24)8-13-9-14(19)11-15(20)10-13/h2-3,9-11,13H,4-8H2,1H3,(H,22,23,27);2-6,13H,7-11H2,1H3,(H,22,23,27);2-5,11,13H,6-10H2,1H3,(H,22,23,27);2-3,9-12H,4-8H2,1H3,(H,21,22,26). The normalized spacial score (nSPS) is 14.7. The third-order valence-corrected chi connectivity index (χ3v) is 19.7. The summed E-state index contributed by atoms with van der Waals surface area (Å²) in [7, 11) is 6.13. The van der Waals surface area contributed by atoms with E-state index in [9.17, 15) is 47.1 Å². The van der Waals surface area contributed by atoms with Crippen LogP contribution in [0.2, 0.25) is 15.1 Å². The molecule has 0 atom stereocenters. The van der Waals surface area contributed by atoms with Crippen LogP contribution in [0.3, 0.4) is 0 Å². The predicted molar refractivity (Wildman–Crippen MR) is 401 cm³/mol. The molecule has 27 nitrogen and oxygen atoms in total. The minimum atomic E-state index is -0.500. The number of halogens is 5. The van der Waals surface area contributed by atoms with E-state index in [1.54, 1.807) is 49.9 Å². The summed E-state index contributed by atoms with van der Waals surface area (Å²) in [4.78, 5) is 102. The molecule has 32 heteroatoms. The van der Waals surface area contributed by atoms with Gasteiger partial charge in [-0.25, -0.2) is 46.7 Å². The van der Waals surface area contributed by atoms with Gasteiger partial charge < -0.3 is 19.6 Å². The molecule has 0 saturated carbocycles. The van der Waals surface area contributed by atoms with Crippen molar-refractivity contribution in [2.24, 2.45) is 51.9 Å². The first-order chi connectivity index (χ1) is 51.3. The molecule has 8 amide bonds. The number of likely N-dealkylation sites (tertiary alicyclic amines) is 4. The summed E-state index contributed by atoms with van der Waals surface area (Å²) in [6, 6.07) is 36.8. The molecule has 0 radical (unpaired) electrons. The molecule has 0 aliphatic carbocycles. The third kappa shape index (κ3) is 23.6. The largest absolute Gasteiger partial charge is 0.324 e. The molecule has 107 heavy (non-hydrogen) atoms. The minimum absolute atomic E-state index is 0.0640. The van der Waals surface area contributed by atoms with Crippen LogP contribution in [0, 0.1) is 69.3 Å². The van der Waals surface area contributed by atoms with Crippen LogP contribution in [0.1, 0.15) is 90.3 Å². The highest BCUT2D eigenvalue weighted by atomic mass is 35.5. The Balaban J connectivity index is 0.000000165. The molecule has 4 aliphatic heterocycles.